The van der Waals surface area contributed by atoms with E-state index in [1.807, 2.05) is 26.8 Å². The van der Waals surface area contributed by atoms with Gasteiger partial charge in [-0.1, -0.05) is 38.4 Å². The summed E-state index contributed by atoms with van der Waals surface area (Å²) in [7, 11) is 0. The number of hydrogen-bond donors (Lipinski definition) is 1. The average molecular weight is 361 g/mol. The predicted molar refractivity (Wildman–Crippen MR) is 87.3 cm³/mol. The van der Waals surface area contributed by atoms with E-state index in [4.69, 9.17) is 11.6 Å². The summed E-state index contributed by atoms with van der Waals surface area (Å²) < 4.78 is 39.9. The molecular formula is C17H20ClF3N2O. The summed E-state index contributed by atoms with van der Waals surface area (Å²) in [5.74, 6) is 0. The van der Waals surface area contributed by atoms with Crippen LogP contribution in [0, 0.1) is 0 Å². The molecule has 2 rings (SSSR count). The molecule has 1 N–H and O–H groups in total. The van der Waals surface area contributed by atoms with Gasteiger partial charge in [-0.25, -0.2) is 0 Å². The van der Waals surface area contributed by atoms with E-state index in [1.54, 1.807) is 4.68 Å². The zero-order valence-corrected chi connectivity index (χ0v) is 14.5. The molecule has 0 aliphatic carbocycles. The average Bonchev–Trinajstić information content (AvgIpc) is 2.83. The zero-order valence-electron chi connectivity index (χ0n) is 13.8. The zero-order chi connectivity index (χ0) is 18.1. The Kier molecular flexibility index (Phi) is 5.30. The second kappa shape index (κ2) is 6.76. The van der Waals surface area contributed by atoms with Crippen molar-refractivity contribution in [2.24, 2.45) is 0 Å². The lowest BCUT2D eigenvalue weighted by Gasteiger charge is -2.14. The Balaban J connectivity index is 2.35. The molecular weight excluding hydrogens is 341 g/mol. The van der Waals surface area contributed by atoms with Crippen LogP contribution in [0.1, 0.15) is 43.3 Å². The van der Waals surface area contributed by atoms with Gasteiger partial charge in [0, 0.05) is 29.2 Å². The van der Waals surface area contributed by atoms with Crippen molar-refractivity contribution in [3.8, 4) is 0 Å². The SMILES string of the molecule is CC(C)(C)c1cc(CCO)n(Cc2ccc(C(F)(F)F)cc2Cl)n1. The fourth-order valence-corrected chi connectivity index (χ4v) is 2.53. The van der Waals surface area contributed by atoms with Crippen LogP contribution in [0.5, 0.6) is 0 Å². The minimum atomic E-state index is -4.42. The van der Waals surface area contributed by atoms with Gasteiger partial charge in [0.2, 0.25) is 0 Å². The summed E-state index contributed by atoms with van der Waals surface area (Å²) in [6.07, 6.45) is -4.00. The molecule has 0 bridgehead atoms. The van der Waals surface area contributed by atoms with Crippen LogP contribution < -0.4 is 0 Å². The van der Waals surface area contributed by atoms with Gasteiger partial charge >= 0.3 is 6.18 Å². The predicted octanol–water partition coefficient (Wildman–Crippen LogP) is 4.44. The molecule has 0 aliphatic heterocycles. The number of benzene rings is 1. The highest BCUT2D eigenvalue weighted by Gasteiger charge is 2.31. The van der Waals surface area contributed by atoms with Crippen molar-refractivity contribution < 1.29 is 18.3 Å². The Hall–Kier alpha value is -1.53. The van der Waals surface area contributed by atoms with Crippen molar-refractivity contribution in [1.82, 2.24) is 9.78 Å². The van der Waals surface area contributed by atoms with Gasteiger partial charge in [0.1, 0.15) is 0 Å². The van der Waals surface area contributed by atoms with Crippen LogP contribution in [0.25, 0.3) is 0 Å². The van der Waals surface area contributed by atoms with E-state index >= 15 is 0 Å². The molecule has 7 heteroatoms. The molecule has 0 fully saturated rings. The third kappa shape index (κ3) is 4.30. The van der Waals surface area contributed by atoms with Crippen LogP contribution in [0.15, 0.2) is 24.3 Å². The minimum Gasteiger partial charge on any atom is -0.396 e. The summed E-state index contributed by atoms with van der Waals surface area (Å²) in [5, 5.41) is 13.8. The van der Waals surface area contributed by atoms with E-state index in [0.29, 0.717) is 12.0 Å². The van der Waals surface area contributed by atoms with Crippen molar-refractivity contribution in [2.45, 2.75) is 45.3 Å². The maximum absolute atomic E-state index is 12.7. The van der Waals surface area contributed by atoms with E-state index in [9.17, 15) is 18.3 Å². The fraction of sp³-hybridized carbons (Fsp3) is 0.471. The van der Waals surface area contributed by atoms with Crippen LogP contribution in [0.2, 0.25) is 5.02 Å². The lowest BCUT2D eigenvalue weighted by atomic mass is 9.92. The molecule has 1 aromatic carbocycles. The Morgan fingerprint density at radius 3 is 2.33 bits per heavy atom. The molecule has 0 saturated heterocycles. The Bertz CT molecular complexity index is 718. The number of halogens is 4. The number of aliphatic hydroxyl groups excluding tert-OH is 1. The maximum atomic E-state index is 12.7. The first-order valence-electron chi connectivity index (χ1n) is 7.56. The molecule has 3 nitrogen and oxygen atoms in total. The Morgan fingerprint density at radius 1 is 1.17 bits per heavy atom. The molecule has 0 radical (unpaired) electrons. The summed E-state index contributed by atoms with van der Waals surface area (Å²) in [6.45, 7) is 6.28. The topological polar surface area (TPSA) is 38.0 Å². The van der Waals surface area contributed by atoms with Crippen LogP contribution >= 0.6 is 11.6 Å². The van der Waals surface area contributed by atoms with E-state index in [2.05, 4.69) is 5.10 Å². The largest absolute Gasteiger partial charge is 0.416 e. The lowest BCUT2D eigenvalue weighted by Crippen LogP contribution is -2.14. The maximum Gasteiger partial charge on any atom is 0.416 e. The van der Waals surface area contributed by atoms with Crippen molar-refractivity contribution in [3.05, 3.63) is 51.8 Å². The summed E-state index contributed by atoms with van der Waals surface area (Å²) in [4.78, 5) is 0. The second-order valence-electron chi connectivity index (χ2n) is 6.71. The molecule has 1 aromatic heterocycles. The number of alkyl halides is 3. The van der Waals surface area contributed by atoms with E-state index in [1.165, 1.54) is 6.07 Å². The van der Waals surface area contributed by atoms with Crippen molar-refractivity contribution in [1.29, 1.82) is 0 Å². The van der Waals surface area contributed by atoms with Crippen LogP contribution in [0.3, 0.4) is 0 Å². The normalized spacial score (nSPS) is 12.7. The molecule has 2 aromatic rings. The Labute approximate surface area is 144 Å². The van der Waals surface area contributed by atoms with Gasteiger partial charge in [-0.15, -0.1) is 0 Å². The van der Waals surface area contributed by atoms with Gasteiger partial charge < -0.3 is 5.11 Å². The number of aliphatic hydroxyl groups is 1. The first kappa shape index (κ1) is 18.8. The van der Waals surface area contributed by atoms with Crippen LogP contribution in [0.4, 0.5) is 13.2 Å². The number of rotatable bonds is 4. The molecule has 132 valence electrons. The smallest absolute Gasteiger partial charge is 0.396 e. The van der Waals surface area contributed by atoms with Gasteiger partial charge in [0.25, 0.3) is 0 Å². The summed E-state index contributed by atoms with van der Waals surface area (Å²) in [5.41, 5.74) is 1.28. The van der Waals surface area contributed by atoms with Crippen molar-refractivity contribution in [2.75, 3.05) is 6.61 Å². The second-order valence-corrected chi connectivity index (χ2v) is 7.11. The molecule has 1 heterocycles. The van der Waals surface area contributed by atoms with E-state index in [0.717, 1.165) is 23.5 Å². The van der Waals surface area contributed by atoms with Crippen molar-refractivity contribution in [3.63, 3.8) is 0 Å². The molecule has 0 amide bonds. The summed E-state index contributed by atoms with van der Waals surface area (Å²) >= 11 is 6.02. The fourth-order valence-electron chi connectivity index (χ4n) is 2.29. The van der Waals surface area contributed by atoms with Gasteiger partial charge in [-0.05, 0) is 23.8 Å². The van der Waals surface area contributed by atoms with Gasteiger partial charge in [-0.3, -0.25) is 4.68 Å². The monoisotopic (exact) mass is 360 g/mol. The highest BCUT2D eigenvalue weighted by Crippen LogP contribution is 2.32. The molecule has 24 heavy (non-hydrogen) atoms. The third-order valence-corrected chi connectivity index (χ3v) is 4.05. The molecule has 0 atom stereocenters. The third-order valence-electron chi connectivity index (χ3n) is 3.70. The van der Waals surface area contributed by atoms with Gasteiger partial charge in [-0.2, -0.15) is 18.3 Å². The minimum absolute atomic E-state index is 0.0317. The standard InChI is InChI=1S/C17H20ClF3N2O/c1-16(2,3)15-9-13(6-7-24)23(22-15)10-11-4-5-12(8-14(11)18)17(19,20)21/h4-5,8-9,24H,6-7,10H2,1-3H3. The first-order chi connectivity index (χ1) is 11.0. The molecule has 0 aliphatic rings. The molecule has 0 unspecified atom stereocenters. The molecule has 0 spiro atoms. The van der Waals surface area contributed by atoms with Crippen molar-refractivity contribution >= 4 is 11.6 Å². The Morgan fingerprint density at radius 2 is 1.83 bits per heavy atom. The number of hydrogen-bond acceptors (Lipinski definition) is 2. The summed E-state index contributed by atoms with van der Waals surface area (Å²) in [6, 6.07) is 5.22. The van der Waals surface area contributed by atoms with Gasteiger partial charge in [0.15, 0.2) is 0 Å². The highest BCUT2D eigenvalue weighted by atomic mass is 35.5. The lowest BCUT2D eigenvalue weighted by molar-refractivity contribution is -0.137. The highest BCUT2D eigenvalue weighted by molar-refractivity contribution is 6.31. The first-order valence-corrected chi connectivity index (χ1v) is 7.94. The molecule has 0 saturated carbocycles. The van der Waals surface area contributed by atoms with Crippen LogP contribution in [-0.2, 0) is 24.6 Å². The number of nitrogens with zero attached hydrogens (tertiary/aromatic N) is 2. The van der Waals surface area contributed by atoms with E-state index < -0.39 is 11.7 Å². The number of aromatic nitrogens is 2. The van der Waals surface area contributed by atoms with Crippen LogP contribution in [-0.4, -0.2) is 21.5 Å². The van der Waals surface area contributed by atoms with E-state index in [-0.39, 0.29) is 23.6 Å². The quantitative estimate of drug-likeness (QED) is 0.875. The van der Waals surface area contributed by atoms with Gasteiger partial charge in [0.05, 0.1) is 17.8 Å².